The highest BCUT2D eigenvalue weighted by molar-refractivity contribution is 5.49. The van der Waals surface area contributed by atoms with Gasteiger partial charge in [-0.2, -0.15) is 0 Å². The Morgan fingerprint density at radius 2 is 2.06 bits per heavy atom. The van der Waals surface area contributed by atoms with E-state index < -0.39 is 0 Å². The molecule has 1 rings (SSSR count). The Morgan fingerprint density at radius 3 is 2.74 bits per heavy atom. The molecule has 0 aromatic heterocycles. The normalized spacial score (nSPS) is 29.8. The van der Waals surface area contributed by atoms with Crippen molar-refractivity contribution in [1.29, 1.82) is 0 Å². The molecular weight excluding hydrogens is 382 g/mol. The number of ether oxygens (including phenoxy) is 1. The summed E-state index contributed by atoms with van der Waals surface area (Å²) in [6.45, 7) is 11.3. The van der Waals surface area contributed by atoms with E-state index in [1.165, 1.54) is 37.7 Å². The van der Waals surface area contributed by atoms with E-state index in [4.69, 9.17) is 4.74 Å². The first-order chi connectivity index (χ1) is 14.9. The second kappa shape index (κ2) is 16.3. The zero-order chi connectivity index (χ0) is 23.1. The molecule has 0 amide bonds. The minimum Gasteiger partial charge on any atom is -0.392 e. The van der Waals surface area contributed by atoms with Crippen molar-refractivity contribution >= 4 is 6.29 Å². The number of nitrogens with one attached hydrogen (secondary N) is 1. The van der Waals surface area contributed by atoms with Gasteiger partial charge in [0.15, 0.2) is 0 Å². The van der Waals surface area contributed by atoms with Gasteiger partial charge in [-0.05, 0) is 82.0 Å². The highest BCUT2D eigenvalue weighted by atomic mass is 16.5. The molecule has 0 saturated carbocycles. The third-order valence-electron chi connectivity index (χ3n) is 7.20. The van der Waals surface area contributed by atoms with Crippen molar-refractivity contribution in [3.8, 4) is 0 Å². The van der Waals surface area contributed by atoms with Gasteiger partial charge in [-0.1, -0.05) is 57.1 Å². The molecule has 5 unspecified atom stereocenters. The van der Waals surface area contributed by atoms with Gasteiger partial charge in [0.05, 0.1) is 6.10 Å². The van der Waals surface area contributed by atoms with Crippen molar-refractivity contribution < 1.29 is 9.53 Å². The molecule has 0 spiro atoms. The Morgan fingerprint density at radius 1 is 1.29 bits per heavy atom. The number of hydrogen-bond acceptors (Lipinski definition) is 3. The molecule has 1 aliphatic carbocycles. The fourth-order valence-corrected chi connectivity index (χ4v) is 5.21. The molecule has 0 heterocycles. The Balaban J connectivity index is 2.75. The summed E-state index contributed by atoms with van der Waals surface area (Å²) in [5.41, 5.74) is 2.56. The maximum Gasteiger partial charge on any atom is 0.120 e. The first-order valence-corrected chi connectivity index (χ1v) is 12.5. The fraction of sp³-hybridized carbons (Fsp3) is 0.750. The van der Waals surface area contributed by atoms with Crippen LogP contribution in [0.3, 0.4) is 0 Å². The van der Waals surface area contributed by atoms with Crippen LogP contribution in [0.2, 0.25) is 0 Å². The molecule has 0 aromatic carbocycles. The molecule has 3 heteroatoms. The molecule has 5 atom stereocenters. The van der Waals surface area contributed by atoms with Crippen LogP contribution in [0.25, 0.3) is 0 Å². The van der Waals surface area contributed by atoms with Crippen molar-refractivity contribution in [2.45, 2.75) is 97.5 Å². The topological polar surface area (TPSA) is 38.3 Å². The molecule has 0 fully saturated rings. The van der Waals surface area contributed by atoms with Crippen LogP contribution >= 0.6 is 0 Å². The van der Waals surface area contributed by atoms with E-state index in [2.05, 4.69) is 50.9 Å². The minimum absolute atomic E-state index is 0.243. The zero-order valence-corrected chi connectivity index (χ0v) is 21.0. The highest BCUT2D eigenvalue weighted by Crippen LogP contribution is 2.35. The van der Waals surface area contributed by atoms with E-state index in [9.17, 15) is 4.79 Å². The molecule has 0 bridgehead atoms. The monoisotopic (exact) mass is 431 g/mol. The van der Waals surface area contributed by atoms with E-state index in [1.54, 1.807) is 0 Å². The van der Waals surface area contributed by atoms with Crippen molar-refractivity contribution in [3.05, 3.63) is 36.1 Å². The highest BCUT2D eigenvalue weighted by Gasteiger charge is 2.24. The van der Waals surface area contributed by atoms with Crippen LogP contribution in [0.1, 0.15) is 91.4 Å². The quantitative estimate of drug-likeness (QED) is 0.292. The Kier molecular flexibility index (Phi) is 14.6. The number of allylic oxidation sites excluding steroid dienone is 4. The molecule has 178 valence electrons. The Bertz CT molecular complexity index is 565. The van der Waals surface area contributed by atoms with Crippen molar-refractivity contribution in [2.24, 2.45) is 23.7 Å². The minimum atomic E-state index is 0.243. The SMILES string of the molecule is C=C(CC(CC=O)CCCC1C(C)CCC/C=C/C(OC)CC/C=C(/C)CC1C)NC. The maximum atomic E-state index is 11.1. The van der Waals surface area contributed by atoms with Gasteiger partial charge in [-0.3, -0.25) is 0 Å². The number of aldehydes is 1. The molecule has 0 aliphatic heterocycles. The first-order valence-electron chi connectivity index (χ1n) is 12.5. The van der Waals surface area contributed by atoms with E-state index in [0.717, 1.165) is 55.9 Å². The Labute approximate surface area is 192 Å². The molecule has 31 heavy (non-hydrogen) atoms. The van der Waals surface area contributed by atoms with E-state index in [0.29, 0.717) is 18.3 Å². The van der Waals surface area contributed by atoms with Crippen LogP contribution in [0.5, 0.6) is 0 Å². The van der Waals surface area contributed by atoms with Crippen molar-refractivity contribution in [3.63, 3.8) is 0 Å². The van der Waals surface area contributed by atoms with Crippen LogP contribution in [0.4, 0.5) is 0 Å². The molecular formula is C28H49NO2. The molecule has 0 radical (unpaired) electrons. The largest absolute Gasteiger partial charge is 0.392 e. The summed E-state index contributed by atoms with van der Waals surface area (Å²) < 4.78 is 5.61. The van der Waals surface area contributed by atoms with E-state index in [-0.39, 0.29) is 6.10 Å². The molecule has 0 saturated heterocycles. The first kappa shape index (κ1) is 27.7. The number of hydrogen-bond donors (Lipinski definition) is 1. The van der Waals surface area contributed by atoms with Gasteiger partial charge >= 0.3 is 0 Å². The number of methoxy groups -OCH3 is 1. The molecule has 3 nitrogen and oxygen atoms in total. The third-order valence-corrected chi connectivity index (χ3v) is 7.20. The van der Waals surface area contributed by atoms with Crippen LogP contribution in [0, 0.1) is 23.7 Å². The summed E-state index contributed by atoms with van der Waals surface area (Å²) in [7, 11) is 3.73. The van der Waals surface area contributed by atoms with Gasteiger partial charge in [0.25, 0.3) is 0 Å². The van der Waals surface area contributed by atoms with Crippen LogP contribution in [-0.2, 0) is 9.53 Å². The third kappa shape index (κ3) is 11.7. The maximum absolute atomic E-state index is 11.1. The summed E-state index contributed by atoms with van der Waals surface area (Å²) >= 11 is 0. The lowest BCUT2D eigenvalue weighted by molar-refractivity contribution is -0.108. The average Bonchev–Trinajstić information content (AvgIpc) is 2.74. The second-order valence-corrected chi connectivity index (χ2v) is 9.84. The predicted octanol–water partition coefficient (Wildman–Crippen LogP) is 7.25. The van der Waals surface area contributed by atoms with E-state index >= 15 is 0 Å². The van der Waals surface area contributed by atoms with Crippen LogP contribution in [0.15, 0.2) is 36.1 Å². The van der Waals surface area contributed by atoms with Gasteiger partial charge in [-0.25, -0.2) is 0 Å². The fourth-order valence-electron chi connectivity index (χ4n) is 5.21. The predicted molar refractivity (Wildman–Crippen MR) is 134 cm³/mol. The number of carbonyl (C=O) groups excluding carboxylic acids is 1. The van der Waals surface area contributed by atoms with Gasteiger partial charge in [0.2, 0.25) is 0 Å². The summed E-state index contributed by atoms with van der Waals surface area (Å²) in [5, 5.41) is 3.14. The Hall–Kier alpha value is -1.35. The number of rotatable bonds is 10. The van der Waals surface area contributed by atoms with Crippen LogP contribution in [-0.4, -0.2) is 26.5 Å². The lowest BCUT2D eigenvalue weighted by atomic mass is 9.75. The molecule has 1 N–H and O–H groups in total. The van der Waals surface area contributed by atoms with Crippen LogP contribution < -0.4 is 5.32 Å². The summed E-state index contributed by atoms with van der Waals surface area (Å²) in [6, 6.07) is 0. The van der Waals surface area contributed by atoms with Gasteiger partial charge < -0.3 is 14.8 Å². The van der Waals surface area contributed by atoms with Gasteiger partial charge in [0.1, 0.15) is 6.29 Å². The molecule has 1 aliphatic rings. The second-order valence-electron chi connectivity index (χ2n) is 9.84. The molecule has 0 aromatic rings. The zero-order valence-electron chi connectivity index (χ0n) is 21.0. The standard InChI is InChI=1S/C28H49NO2/c1-22-12-10-16-27(31-6)15-9-7-8-13-23(2)28(24(3)20-22)17-11-14-26(18-19-30)21-25(4)29-5/h9,12,15,19,23-24,26-29H,4,7-8,10-11,13-14,16-18,20-21H2,1-3,5-6H3/b15-9+,22-12-. The van der Waals surface area contributed by atoms with Crippen molar-refractivity contribution in [2.75, 3.05) is 14.2 Å². The lowest BCUT2D eigenvalue weighted by Gasteiger charge is -2.31. The lowest BCUT2D eigenvalue weighted by Crippen LogP contribution is -2.21. The van der Waals surface area contributed by atoms with E-state index in [1.807, 2.05) is 14.2 Å². The summed E-state index contributed by atoms with van der Waals surface area (Å²) in [4.78, 5) is 11.1. The van der Waals surface area contributed by atoms with Gasteiger partial charge in [-0.15, -0.1) is 0 Å². The smallest absolute Gasteiger partial charge is 0.120 e. The number of carbonyl (C=O) groups is 1. The average molecular weight is 432 g/mol. The van der Waals surface area contributed by atoms with Gasteiger partial charge in [0, 0.05) is 26.3 Å². The van der Waals surface area contributed by atoms with Crippen molar-refractivity contribution in [1.82, 2.24) is 5.32 Å². The summed E-state index contributed by atoms with van der Waals surface area (Å²) in [6.07, 6.45) is 20.5. The summed E-state index contributed by atoms with van der Waals surface area (Å²) in [5.74, 6) is 2.59.